The van der Waals surface area contributed by atoms with E-state index in [0.29, 0.717) is 0 Å². The summed E-state index contributed by atoms with van der Waals surface area (Å²) in [5.74, 6) is 0. The number of hydrogen-bond donors (Lipinski definition) is 0. The Bertz CT molecular complexity index is 10400. The van der Waals surface area contributed by atoms with Gasteiger partial charge in [-0.25, -0.2) is 0 Å². The Morgan fingerprint density at radius 1 is 0.0946 bits per heavy atom. The summed E-state index contributed by atoms with van der Waals surface area (Å²) in [5.41, 5.74) is 41.1. The van der Waals surface area contributed by atoms with E-state index < -0.39 is 0 Å². The second-order valence-electron chi connectivity index (χ2n) is 38.5. The Morgan fingerprint density at radius 3 is 0.628 bits per heavy atom. The highest BCUT2D eigenvalue weighted by atomic mass is 15.0. The molecule has 0 unspecified atom stereocenters. The number of rotatable bonds is 14. The van der Waals surface area contributed by atoms with Gasteiger partial charge in [-0.15, -0.1) is 0 Å². The molecule has 148 heavy (non-hydrogen) atoms. The number of nitrogens with zero attached hydrogens (tertiary/aromatic N) is 6. The van der Waals surface area contributed by atoms with Crippen LogP contribution in [-0.2, 0) is 0 Å². The highest BCUT2D eigenvalue weighted by molar-refractivity contribution is 6.22. The summed E-state index contributed by atoms with van der Waals surface area (Å²) in [6.07, 6.45) is 0. The lowest BCUT2D eigenvalue weighted by atomic mass is 9.98. The molecule has 24 aromatic carbocycles. The van der Waals surface area contributed by atoms with Crippen molar-refractivity contribution in [2.45, 2.75) is 0 Å². The third-order valence-corrected chi connectivity index (χ3v) is 30.2. The van der Waals surface area contributed by atoms with Gasteiger partial charge in [-0.2, -0.15) is 0 Å². The van der Waals surface area contributed by atoms with Gasteiger partial charge in [0.25, 0.3) is 0 Å². The van der Waals surface area contributed by atoms with Crippen LogP contribution in [0.3, 0.4) is 0 Å². The molecule has 0 aliphatic carbocycles. The van der Waals surface area contributed by atoms with Crippen LogP contribution in [0.4, 0.5) is 0 Å². The highest BCUT2D eigenvalue weighted by Gasteiger charge is 2.25. The summed E-state index contributed by atoms with van der Waals surface area (Å²) >= 11 is 0. The van der Waals surface area contributed by atoms with Crippen molar-refractivity contribution in [1.29, 1.82) is 0 Å². The van der Waals surface area contributed by atoms with E-state index in [1.54, 1.807) is 0 Å². The Labute approximate surface area is 856 Å². The molecule has 6 heterocycles. The third kappa shape index (κ3) is 14.9. The molecule has 692 valence electrons. The Kier molecular flexibility index (Phi) is 21.2. The van der Waals surface area contributed by atoms with Crippen LogP contribution in [0.5, 0.6) is 0 Å². The number of para-hydroxylation sites is 6. The lowest BCUT2D eigenvalue weighted by Crippen LogP contribution is -1.94. The summed E-state index contributed by atoms with van der Waals surface area (Å²) < 4.78 is 14.4. The fraction of sp³-hybridized carbons (Fsp3) is 0. The second-order valence-corrected chi connectivity index (χ2v) is 38.5. The summed E-state index contributed by atoms with van der Waals surface area (Å²) in [6, 6.07) is 207. The summed E-state index contributed by atoms with van der Waals surface area (Å²) in [7, 11) is 0. The van der Waals surface area contributed by atoms with Crippen molar-refractivity contribution in [2.24, 2.45) is 0 Å². The normalized spacial score (nSPS) is 11.6. The van der Waals surface area contributed by atoms with E-state index in [9.17, 15) is 0 Å². The molecule has 0 atom stereocenters. The average molecular weight is 1880 g/mol. The molecule has 0 radical (unpaired) electrons. The van der Waals surface area contributed by atoms with Crippen LogP contribution in [-0.4, -0.2) is 27.4 Å². The molecule has 0 aliphatic rings. The Morgan fingerprint density at radius 2 is 0.304 bits per heavy atom. The van der Waals surface area contributed by atoms with Gasteiger partial charge < -0.3 is 27.4 Å². The van der Waals surface area contributed by atoms with Gasteiger partial charge in [0.2, 0.25) is 0 Å². The van der Waals surface area contributed by atoms with Gasteiger partial charge in [0.05, 0.1) is 66.2 Å². The fourth-order valence-electron chi connectivity index (χ4n) is 23.4. The monoisotopic (exact) mass is 1880 g/mol. The van der Waals surface area contributed by atoms with Crippen molar-refractivity contribution in [3.63, 3.8) is 0 Å². The van der Waals surface area contributed by atoms with E-state index in [0.717, 1.165) is 28.4 Å². The minimum Gasteiger partial charge on any atom is -0.309 e. The zero-order valence-electron chi connectivity index (χ0n) is 81.0. The van der Waals surface area contributed by atoms with E-state index >= 15 is 0 Å². The lowest BCUT2D eigenvalue weighted by Gasteiger charge is -2.11. The van der Waals surface area contributed by atoms with Crippen molar-refractivity contribution in [3.8, 4) is 123 Å². The number of aromatic nitrogens is 6. The number of benzene rings is 24. The molecular formula is C142H94N6. The fourth-order valence-corrected chi connectivity index (χ4v) is 23.4. The van der Waals surface area contributed by atoms with E-state index in [1.807, 2.05) is 0 Å². The molecule has 6 heteroatoms. The zero-order valence-corrected chi connectivity index (χ0v) is 81.0. The van der Waals surface area contributed by atoms with Crippen molar-refractivity contribution in [3.05, 3.63) is 570 Å². The molecule has 0 bridgehead atoms. The van der Waals surface area contributed by atoms with E-state index in [2.05, 4.69) is 598 Å². The van der Waals surface area contributed by atoms with Crippen LogP contribution < -0.4 is 0 Å². The SMILES string of the molecule is c1ccc(-c2ccc(-n3c4ccccc4c4cc(-c5cccc6c5c5ccccc5n6-c5ccc(-c6ccccc6)cc5)ccc43)cc2)cc1.c1ccc(-c2ccc(-n3c4ccccc4c4cc(-c5cccc6c5c5ccccc5n6-c5ccc6ccccc6c5)ccc43)cc2)cc1.c1ccc(-c2ccc(-n3c4ccccc4c4cc(-c5cccc6c5c5ccccc5n6-c5cccc(-c6ccccc6)c5)ccc43)cc2)cc1. The maximum absolute atomic E-state index is 2.42. The first-order chi connectivity index (χ1) is 73.4. The Hall–Kier alpha value is -19.7. The second kappa shape index (κ2) is 36.4. The average Bonchev–Trinajstić information content (AvgIpc) is 1.58. The molecule has 6 aromatic heterocycles. The lowest BCUT2D eigenvalue weighted by molar-refractivity contribution is 1.18. The minimum absolute atomic E-state index is 1.16. The maximum Gasteiger partial charge on any atom is 0.0547 e. The van der Waals surface area contributed by atoms with Gasteiger partial charge in [-0.05, 0) is 264 Å². The predicted octanol–water partition coefficient (Wildman–Crippen LogP) is 38.1. The Balaban J connectivity index is 0.000000107. The van der Waals surface area contributed by atoms with Crippen LogP contribution in [0.1, 0.15) is 0 Å². The van der Waals surface area contributed by atoms with Crippen molar-refractivity contribution in [1.82, 2.24) is 27.4 Å². The van der Waals surface area contributed by atoms with Crippen LogP contribution in [0.2, 0.25) is 0 Å². The molecule has 0 saturated heterocycles. The molecule has 0 spiro atoms. The first-order valence-electron chi connectivity index (χ1n) is 50.9. The van der Waals surface area contributed by atoms with Crippen LogP contribution in [0.25, 0.3) is 265 Å². The van der Waals surface area contributed by atoms with Crippen molar-refractivity contribution >= 4 is 142 Å². The molecule has 30 aromatic rings. The summed E-state index contributed by atoms with van der Waals surface area (Å²) in [4.78, 5) is 0. The number of hydrogen-bond acceptors (Lipinski definition) is 0. The first kappa shape index (κ1) is 86.2. The van der Waals surface area contributed by atoms with Gasteiger partial charge in [-0.1, -0.05) is 406 Å². The van der Waals surface area contributed by atoms with Crippen LogP contribution >= 0.6 is 0 Å². The standard InChI is InChI=1S/2C48H32N2.C46H30N2/c1-3-13-33(14-4-1)35-25-28-38(29-26-35)49-44-22-9-7-19-41(44)43-32-37(27-30-46(43)49)40-21-12-24-47-48(40)42-20-8-10-23-45(42)50(47)39-18-11-17-36(31-39)34-15-5-2-6-16-34;1-3-12-33(13-4-1)35-22-27-38(28-23-35)49-44-19-9-7-16-41(44)43-32-37(26-31-46(43)49)40-18-11-21-47-48(40)42-17-8-10-20-45(42)50(47)39-29-24-36(25-30-39)34-14-5-2-6-15-34;1-2-11-31(12-3-1)33-21-25-36(26-22-33)47-42-18-8-6-15-39(42)41-30-35(24-28-44(41)47)38-17-10-20-45-46(38)40-16-7-9-19-43(40)48(45)37-27-23-32-13-4-5-14-34(32)29-37/h2*1-32H;1-30H. The van der Waals surface area contributed by atoms with Gasteiger partial charge in [0, 0.05) is 98.8 Å². The minimum atomic E-state index is 1.16. The van der Waals surface area contributed by atoms with Crippen LogP contribution in [0, 0.1) is 0 Å². The predicted molar refractivity (Wildman–Crippen MR) is 626 cm³/mol. The molecular weight excluding hydrogens is 1790 g/mol. The van der Waals surface area contributed by atoms with E-state index in [-0.39, 0.29) is 0 Å². The smallest absolute Gasteiger partial charge is 0.0547 e. The summed E-state index contributed by atoms with van der Waals surface area (Å²) in [5, 5.41) is 17.6. The summed E-state index contributed by atoms with van der Waals surface area (Å²) in [6.45, 7) is 0. The largest absolute Gasteiger partial charge is 0.309 e. The highest BCUT2D eigenvalue weighted by Crippen LogP contribution is 2.48. The van der Waals surface area contributed by atoms with Gasteiger partial charge in [-0.3, -0.25) is 0 Å². The van der Waals surface area contributed by atoms with Gasteiger partial charge in [0.1, 0.15) is 0 Å². The first-order valence-corrected chi connectivity index (χ1v) is 50.9. The van der Waals surface area contributed by atoms with Crippen molar-refractivity contribution < 1.29 is 0 Å². The van der Waals surface area contributed by atoms with Gasteiger partial charge >= 0.3 is 0 Å². The molecule has 0 fully saturated rings. The topological polar surface area (TPSA) is 29.6 Å². The third-order valence-electron chi connectivity index (χ3n) is 30.2. The molecule has 0 saturated carbocycles. The molecule has 0 N–H and O–H groups in total. The van der Waals surface area contributed by atoms with E-state index in [4.69, 9.17) is 0 Å². The van der Waals surface area contributed by atoms with E-state index in [1.165, 1.54) is 236 Å². The maximum atomic E-state index is 2.42. The molecule has 0 aliphatic heterocycles. The number of fused-ring (bicyclic) bond motifs is 19. The van der Waals surface area contributed by atoms with Crippen LogP contribution in [0.15, 0.2) is 570 Å². The van der Waals surface area contributed by atoms with Crippen molar-refractivity contribution in [2.75, 3.05) is 0 Å². The quantitative estimate of drug-likeness (QED) is 0.104. The molecule has 6 nitrogen and oxygen atoms in total. The zero-order chi connectivity index (χ0) is 97.6. The van der Waals surface area contributed by atoms with Gasteiger partial charge in [0.15, 0.2) is 0 Å². The molecule has 0 amide bonds. The molecule has 30 rings (SSSR count).